The molecule has 0 saturated heterocycles. The lowest BCUT2D eigenvalue weighted by Crippen LogP contribution is -2.34. The second kappa shape index (κ2) is 34.6. The SMILES string of the molecule is CCCCCCCCCCCCCC(=O)OCC(COC(=O)NCCCOC(C)(C)CCO)OC(=O)CCCCCCCCCCCCC. The van der Waals surface area contributed by atoms with Crippen LogP contribution in [0.1, 0.15) is 195 Å². The van der Waals surface area contributed by atoms with E-state index in [2.05, 4.69) is 19.2 Å². The Morgan fingerprint density at radius 2 is 1.02 bits per heavy atom. The van der Waals surface area contributed by atoms with E-state index in [0.717, 1.165) is 38.5 Å². The third-order valence-electron chi connectivity index (χ3n) is 8.89. The molecule has 0 aromatic rings. The number of ether oxygens (including phenoxy) is 4. The van der Waals surface area contributed by atoms with Gasteiger partial charge in [0.1, 0.15) is 13.2 Å². The van der Waals surface area contributed by atoms with Crippen LogP contribution < -0.4 is 5.32 Å². The van der Waals surface area contributed by atoms with Gasteiger partial charge in [0, 0.05) is 32.6 Å². The van der Waals surface area contributed by atoms with Crippen LogP contribution >= 0.6 is 0 Å². The highest BCUT2D eigenvalue weighted by Gasteiger charge is 2.20. The molecule has 0 rings (SSSR count). The molecular formula is C40H77NO8. The van der Waals surface area contributed by atoms with Crippen molar-refractivity contribution in [3.63, 3.8) is 0 Å². The van der Waals surface area contributed by atoms with Crippen molar-refractivity contribution in [2.75, 3.05) is 33.0 Å². The number of rotatable bonds is 36. The molecule has 0 spiro atoms. The Bertz CT molecular complexity index is 775. The number of aliphatic hydroxyl groups is 1. The first-order chi connectivity index (χ1) is 23.7. The minimum atomic E-state index is -0.852. The second-order valence-corrected chi connectivity index (χ2v) is 14.3. The van der Waals surface area contributed by atoms with Crippen LogP contribution in [0.2, 0.25) is 0 Å². The molecule has 0 fully saturated rings. The van der Waals surface area contributed by atoms with E-state index in [1.165, 1.54) is 103 Å². The summed E-state index contributed by atoms with van der Waals surface area (Å²) in [5.41, 5.74) is -0.426. The molecule has 9 nitrogen and oxygen atoms in total. The van der Waals surface area contributed by atoms with E-state index in [0.29, 0.717) is 38.8 Å². The van der Waals surface area contributed by atoms with Gasteiger partial charge in [0.15, 0.2) is 6.10 Å². The standard InChI is InChI=1S/C40H77NO8/c1-5-7-9-11-13-15-17-19-21-23-25-28-37(43)46-34-36(35-47-39(45)41-31-27-33-48-40(3,4)30-32-42)49-38(44)29-26-24-22-20-18-16-14-12-10-8-6-2/h36,42H,5-35H2,1-4H3,(H,41,45). The van der Waals surface area contributed by atoms with Gasteiger partial charge in [0.2, 0.25) is 0 Å². The van der Waals surface area contributed by atoms with Crippen molar-refractivity contribution < 1.29 is 38.4 Å². The fourth-order valence-corrected chi connectivity index (χ4v) is 5.66. The molecular weight excluding hydrogens is 622 g/mol. The average Bonchev–Trinajstić information content (AvgIpc) is 3.07. The highest BCUT2D eigenvalue weighted by Crippen LogP contribution is 2.15. The van der Waals surface area contributed by atoms with Gasteiger partial charge in [-0.05, 0) is 39.5 Å². The molecule has 0 aromatic heterocycles. The zero-order chi connectivity index (χ0) is 36.3. The molecule has 0 aromatic carbocycles. The van der Waals surface area contributed by atoms with Crippen molar-refractivity contribution in [1.82, 2.24) is 5.32 Å². The Balaban J connectivity index is 4.41. The number of amides is 1. The molecule has 0 aliphatic carbocycles. The lowest BCUT2D eigenvalue weighted by atomic mass is 10.1. The van der Waals surface area contributed by atoms with Crippen LogP contribution in [0.15, 0.2) is 0 Å². The fourth-order valence-electron chi connectivity index (χ4n) is 5.66. The predicted molar refractivity (Wildman–Crippen MR) is 199 cm³/mol. The van der Waals surface area contributed by atoms with Gasteiger partial charge in [-0.2, -0.15) is 0 Å². The summed E-state index contributed by atoms with van der Waals surface area (Å²) in [5, 5.41) is 11.8. The monoisotopic (exact) mass is 700 g/mol. The third-order valence-corrected chi connectivity index (χ3v) is 8.89. The van der Waals surface area contributed by atoms with E-state index in [-0.39, 0.29) is 31.8 Å². The summed E-state index contributed by atoms with van der Waals surface area (Å²) >= 11 is 0. The Morgan fingerprint density at radius 1 is 0.592 bits per heavy atom. The van der Waals surface area contributed by atoms with Crippen LogP contribution in [0.3, 0.4) is 0 Å². The van der Waals surface area contributed by atoms with Gasteiger partial charge < -0.3 is 29.4 Å². The smallest absolute Gasteiger partial charge is 0.407 e. The Labute approximate surface area is 300 Å². The maximum atomic E-state index is 12.6. The van der Waals surface area contributed by atoms with Gasteiger partial charge in [-0.25, -0.2) is 4.79 Å². The van der Waals surface area contributed by atoms with E-state index < -0.39 is 17.8 Å². The molecule has 290 valence electrons. The summed E-state index contributed by atoms with van der Waals surface area (Å²) in [7, 11) is 0. The molecule has 1 amide bonds. The summed E-state index contributed by atoms with van der Waals surface area (Å²) in [4.78, 5) is 37.3. The zero-order valence-corrected chi connectivity index (χ0v) is 32.3. The lowest BCUT2D eigenvalue weighted by molar-refractivity contribution is -0.161. The van der Waals surface area contributed by atoms with Crippen molar-refractivity contribution >= 4 is 18.0 Å². The van der Waals surface area contributed by atoms with E-state index in [1.54, 1.807) is 0 Å². The van der Waals surface area contributed by atoms with Crippen molar-refractivity contribution in [2.45, 2.75) is 206 Å². The predicted octanol–water partition coefficient (Wildman–Crippen LogP) is 10.1. The second-order valence-electron chi connectivity index (χ2n) is 14.3. The number of alkyl carbamates (subject to hydrolysis) is 1. The van der Waals surface area contributed by atoms with Crippen LogP contribution in [0.4, 0.5) is 4.79 Å². The first-order valence-electron chi connectivity index (χ1n) is 20.2. The molecule has 0 aliphatic rings. The summed E-state index contributed by atoms with van der Waals surface area (Å²) in [5.74, 6) is -0.690. The summed E-state index contributed by atoms with van der Waals surface area (Å²) in [6.07, 6.45) is 26.7. The number of hydrogen-bond acceptors (Lipinski definition) is 8. The minimum absolute atomic E-state index is 0.0529. The number of aliphatic hydroxyl groups excluding tert-OH is 1. The first kappa shape index (κ1) is 47.1. The number of nitrogens with one attached hydrogen (secondary N) is 1. The van der Waals surface area contributed by atoms with Crippen LogP contribution in [0.5, 0.6) is 0 Å². The van der Waals surface area contributed by atoms with Gasteiger partial charge in [0.25, 0.3) is 0 Å². The van der Waals surface area contributed by atoms with Crippen LogP contribution in [0.25, 0.3) is 0 Å². The van der Waals surface area contributed by atoms with E-state index in [1.807, 2.05) is 13.8 Å². The molecule has 2 N–H and O–H groups in total. The van der Waals surface area contributed by atoms with Crippen molar-refractivity contribution in [3.8, 4) is 0 Å². The Kier molecular flexibility index (Phi) is 33.3. The Hall–Kier alpha value is -1.87. The van der Waals surface area contributed by atoms with Crippen molar-refractivity contribution in [3.05, 3.63) is 0 Å². The topological polar surface area (TPSA) is 120 Å². The average molecular weight is 700 g/mol. The highest BCUT2D eigenvalue weighted by molar-refractivity contribution is 5.70. The highest BCUT2D eigenvalue weighted by atomic mass is 16.6. The molecule has 49 heavy (non-hydrogen) atoms. The maximum Gasteiger partial charge on any atom is 0.407 e. The van der Waals surface area contributed by atoms with Crippen molar-refractivity contribution in [2.24, 2.45) is 0 Å². The number of carbonyl (C=O) groups excluding carboxylic acids is 3. The van der Waals surface area contributed by atoms with E-state index in [9.17, 15) is 14.4 Å². The maximum absolute atomic E-state index is 12.6. The van der Waals surface area contributed by atoms with Gasteiger partial charge >= 0.3 is 18.0 Å². The molecule has 9 heteroatoms. The van der Waals surface area contributed by atoms with Gasteiger partial charge in [0.05, 0.1) is 5.60 Å². The van der Waals surface area contributed by atoms with Crippen LogP contribution in [-0.4, -0.2) is 67.8 Å². The summed E-state index contributed by atoms with van der Waals surface area (Å²) in [6, 6.07) is 0. The molecule has 1 atom stereocenters. The molecule has 0 heterocycles. The minimum Gasteiger partial charge on any atom is -0.462 e. The van der Waals surface area contributed by atoms with Gasteiger partial charge in [-0.1, -0.05) is 142 Å². The molecule has 0 saturated carbocycles. The van der Waals surface area contributed by atoms with Crippen molar-refractivity contribution in [1.29, 1.82) is 0 Å². The normalized spacial score (nSPS) is 12.1. The largest absolute Gasteiger partial charge is 0.462 e. The lowest BCUT2D eigenvalue weighted by Gasteiger charge is -2.24. The first-order valence-corrected chi connectivity index (χ1v) is 20.2. The molecule has 0 radical (unpaired) electrons. The summed E-state index contributed by atoms with van der Waals surface area (Å²) in [6.45, 7) is 8.81. The number of hydrogen-bond donors (Lipinski definition) is 2. The van der Waals surface area contributed by atoms with Gasteiger partial charge in [-0.3, -0.25) is 9.59 Å². The van der Waals surface area contributed by atoms with Crippen LogP contribution in [0, 0.1) is 0 Å². The number of esters is 2. The summed E-state index contributed by atoms with van der Waals surface area (Å²) < 4.78 is 22.1. The molecule has 1 unspecified atom stereocenters. The fraction of sp³-hybridized carbons (Fsp3) is 0.925. The molecule has 0 bridgehead atoms. The zero-order valence-electron chi connectivity index (χ0n) is 32.3. The van der Waals surface area contributed by atoms with E-state index >= 15 is 0 Å². The number of carbonyl (C=O) groups is 3. The third kappa shape index (κ3) is 34.4. The number of unbranched alkanes of at least 4 members (excludes halogenated alkanes) is 20. The van der Waals surface area contributed by atoms with Gasteiger partial charge in [-0.15, -0.1) is 0 Å². The van der Waals surface area contributed by atoms with E-state index in [4.69, 9.17) is 24.1 Å². The molecule has 0 aliphatic heterocycles. The Morgan fingerprint density at radius 3 is 1.49 bits per heavy atom. The quantitative estimate of drug-likeness (QED) is 0.0377. The van der Waals surface area contributed by atoms with Crippen LogP contribution in [-0.2, 0) is 28.5 Å².